The third-order valence-electron chi connectivity index (χ3n) is 2.04. The zero-order valence-electron chi connectivity index (χ0n) is 8.61. The van der Waals surface area contributed by atoms with Crippen LogP contribution in [0.25, 0.3) is 0 Å². The topological polar surface area (TPSA) is 83.8 Å². The lowest BCUT2D eigenvalue weighted by atomic mass is 9.86. The van der Waals surface area contributed by atoms with E-state index in [1.807, 2.05) is 0 Å². The maximum atomic E-state index is 10.8. The number of carbonyl (C=O) groups is 1. The fourth-order valence-corrected chi connectivity index (χ4v) is 1.60. The van der Waals surface area contributed by atoms with E-state index in [4.69, 9.17) is 14.5 Å². The Morgan fingerprint density at radius 3 is 2.36 bits per heavy atom. The van der Waals surface area contributed by atoms with Gasteiger partial charge >= 0.3 is 14.2 Å². The van der Waals surface area contributed by atoms with E-state index in [1.54, 1.807) is 20.8 Å². The highest BCUT2D eigenvalue weighted by Gasteiger charge is 2.30. The molecule has 0 amide bonds. The Balaban J connectivity index is 4.30. The van der Waals surface area contributed by atoms with Gasteiger partial charge in [-0.2, -0.15) is 0 Å². The average molecular weight is 224 g/mol. The van der Waals surface area contributed by atoms with Gasteiger partial charge in [-0.3, -0.25) is 9.36 Å². The zero-order chi connectivity index (χ0) is 11.4. The molecule has 0 aromatic carbocycles. The summed E-state index contributed by atoms with van der Waals surface area (Å²) in [5, 5.41) is 8.83. The molecule has 0 aromatic heterocycles. The first-order valence-electron chi connectivity index (χ1n) is 4.42. The first kappa shape index (κ1) is 13.6. The highest BCUT2D eigenvalue weighted by atomic mass is 31.1. The van der Waals surface area contributed by atoms with Crippen molar-refractivity contribution in [3.8, 4) is 0 Å². The summed E-state index contributed by atoms with van der Waals surface area (Å²) in [5.41, 5.74) is -0.933. The molecule has 0 bridgehead atoms. The molecule has 0 aromatic rings. The Hall–Kier alpha value is -0.380. The van der Waals surface area contributed by atoms with Crippen molar-refractivity contribution in [2.45, 2.75) is 39.7 Å². The van der Waals surface area contributed by atoms with E-state index in [-0.39, 0.29) is 6.42 Å². The van der Waals surface area contributed by atoms with Gasteiger partial charge in [0.2, 0.25) is 0 Å². The summed E-state index contributed by atoms with van der Waals surface area (Å²) in [6.07, 6.45) is 0.279. The fraction of sp³-hybridized carbons (Fsp3) is 0.875. The molecule has 84 valence electrons. The zero-order valence-corrected chi connectivity index (χ0v) is 9.61. The molecular weight excluding hydrogens is 207 g/mol. The van der Waals surface area contributed by atoms with Crippen molar-refractivity contribution >= 4 is 14.2 Å². The molecule has 14 heavy (non-hydrogen) atoms. The quantitative estimate of drug-likeness (QED) is 0.670. The van der Waals surface area contributed by atoms with Crippen molar-refractivity contribution < 1.29 is 23.9 Å². The molecule has 0 aliphatic heterocycles. The summed E-state index contributed by atoms with van der Waals surface area (Å²) in [5.74, 6) is -0.933. The molecule has 0 aliphatic carbocycles. The molecular formula is C8H17O5P. The van der Waals surface area contributed by atoms with Gasteiger partial charge in [0.1, 0.15) is 0 Å². The van der Waals surface area contributed by atoms with Crippen LogP contribution in [0.5, 0.6) is 0 Å². The average Bonchev–Trinajstić information content (AvgIpc) is 2.01. The lowest BCUT2D eigenvalue weighted by Crippen LogP contribution is -2.29. The summed E-state index contributed by atoms with van der Waals surface area (Å²) >= 11 is 0. The Morgan fingerprint density at radius 1 is 1.57 bits per heavy atom. The van der Waals surface area contributed by atoms with E-state index in [0.717, 1.165) is 0 Å². The summed E-state index contributed by atoms with van der Waals surface area (Å²) < 4.78 is 15.2. The van der Waals surface area contributed by atoms with Crippen LogP contribution in [0.15, 0.2) is 0 Å². The van der Waals surface area contributed by atoms with Crippen LogP contribution in [0.3, 0.4) is 0 Å². The maximum absolute atomic E-state index is 10.8. The molecule has 2 atom stereocenters. The van der Waals surface area contributed by atoms with Crippen LogP contribution in [-0.2, 0) is 13.9 Å². The van der Waals surface area contributed by atoms with Crippen molar-refractivity contribution in [2.24, 2.45) is 5.41 Å². The Labute approximate surface area is 84.0 Å². The van der Waals surface area contributed by atoms with Crippen LogP contribution in [0.4, 0.5) is 0 Å². The van der Waals surface area contributed by atoms with Crippen LogP contribution < -0.4 is 0 Å². The lowest BCUT2D eigenvalue weighted by molar-refractivity contribution is -0.148. The Morgan fingerprint density at radius 2 is 2.07 bits per heavy atom. The molecule has 0 aliphatic rings. The van der Waals surface area contributed by atoms with Gasteiger partial charge in [0.15, 0.2) is 0 Å². The normalized spacial score (nSPS) is 16.3. The van der Waals surface area contributed by atoms with Crippen molar-refractivity contribution in [2.75, 3.05) is 0 Å². The van der Waals surface area contributed by atoms with Gasteiger partial charge in [-0.05, 0) is 26.7 Å². The fourth-order valence-electron chi connectivity index (χ4n) is 1.07. The van der Waals surface area contributed by atoms with Gasteiger partial charge < -0.3 is 14.5 Å². The van der Waals surface area contributed by atoms with E-state index < -0.39 is 25.7 Å². The summed E-state index contributed by atoms with van der Waals surface area (Å²) in [7, 11) is -2.99. The molecule has 0 heterocycles. The first-order valence-corrected chi connectivity index (χ1v) is 5.69. The van der Waals surface area contributed by atoms with Crippen molar-refractivity contribution in [1.29, 1.82) is 0 Å². The van der Waals surface area contributed by atoms with Crippen LogP contribution in [-0.4, -0.2) is 22.1 Å². The van der Waals surface area contributed by atoms with Crippen LogP contribution in [0, 0.1) is 5.41 Å². The monoisotopic (exact) mass is 224 g/mol. The molecule has 2 unspecified atom stereocenters. The van der Waals surface area contributed by atoms with Crippen LogP contribution in [0.2, 0.25) is 0 Å². The summed E-state index contributed by atoms with van der Waals surface area (Å²) in [6.45, 7) is 4.92. The van der Waals surface area contributed by atoms with Crippen molar-refractivity contribution in [3.05, 3.63) is 0 Å². The maximum Gasteiger partial charge on any atom is 0.316 e. The number of carboxylic acid groups (broad SMARTS) is 1. The van der Waals surface area contributed by atoms with Gasteiger partial charge in [-0.15, -0.1) is 0 Å². The van der Waals surface area contributed by atoms with Crippen LogP contribution >= 0.6 is 8.25 Å². The lowest BCUT2D eigenvalue weighted by Gasteiger charge is -2.24. The number of rotatable bonds is 6. The van der Waals surface area contributed by atoms with Crippen molar-refractivity contribution in [1.82, 2.24) is 0 Å². The van der Waals surface area contributed by atoms with Gasteiger partial charge in [-0.1, -0.05) is 6.92 Å². The minimum atomic E-state index is -2.99. The third-order valence-corrected chi connectivity index (χ3v) is 2.57. The third kappa shape index (κ3) is 4.74. The number of hydrogen-bond acceptors (Lipinski definition) is 3. The van der Waals surface area contributed by atoms with E-state index in [9.17, 15) is 9.36 Å². The molecule has 0 saturated heterocycles. The molecule has 0 radical (unpaired) electrons. The van der Waals surface area contributed by atoms with E-state index >= 15 is 0 Å². The summed E-state index contributed by atoms with van der Waals surface area (Å²) in [4.78, 5) is 19.3. The highest BCUT2D eigenvalue weighted by Crippen LogP contribution is 2.30. The predicted molar refractivity (Wildman–Crippen MR) is 52.4 cm³/mol. The molecule has 0 fully saturated rings. The Bertz CT molecular complexity index is 226. The van der Waals surface area contributed by atoms with Gasteiger partial charge in [0.05, 0.1) is 11.5 Å². The van der Waals surface area contributed by atoms with Crippen LogP contribution in [0.1, 0.15) is 33.6 Å². The smallest absolute Gasteiger partial charge is 0.316 e. The molecule has 2 N–H and O–H groups in total. The second-order valence-corrected chi connectivity index (χ2v) is 4.57. The highest BCUT2D eigenvalue weighted by molar-refractivity contribution is 7.32. The van der Waals surface area contributed by atoms with Crippen molar-refractivity contribution in [3.63, 3.8) is 0 Å². The predicted octanol–water partition coefficient (Wildman–Crippen LogP) is 1.66. The van der Waals surface area contributed by atoms with Gasteiger partial charge in [0.25, 0.3) is 0 Å². The minimum Gasteiger partial charge on any atom is -0.481 e. The second kappa shape index (κ2) is 5.49. The number of carboxylic acids is 1. The van der Waals surface area contributed by atoms with E-state index in [2.05, 4.69) is 0 Å². The molecule has 0 spiro atoms. The first-order chi connectivity index (χ1) is 6.29. The molecule has 0 saturated carbocycles. The SMILES string of the molecule is CCC(CC(C)(C)C(=O)O)O[PH](=O)O. The molecule has 6 heteroatoms. The van der Waals surface area contributed by atoms with E-state index in [0.29, 0.717) is 6.42 Å². The summed E-state index contributed by atoms with van der Waals surface area (Å²) in [6, 6.07) is 0. The molecule has 0 rings (SSSR count). The van der Waals surface area contributed by atoms with E-state index in [1.165, 1.54) is 0 Å². The largest absolute Gasteiger partial charge is 0.481 e. The standard InChI is InChI=1S/C8H17O5P/c1-4-6(13-14(11)12)5-8(2,3)7(9)10/h6,14H,4-5H2,1-3H3,(H,9,10)(H,11,12). The van der Waals surface area contributed by atoms with Gasteiger partial charge in [-0.25, -0.2) is 0 Å². The number of hydrogen-bond donors (Lipinski definition) is 2. The number of aliphatic carboxylic acids is 1. The van der Waals surface area contributed by atoms with Gasteiger partial charge in [0, 0.05) is 0 Å². The minimum absolute atomic E-state index is 0.232. The molecule has 5 nitrogen and oxygen atoms in total. The Kier molecular flexibility index (Phi) is 5.34. The second-order valence-electron chi connectivity index (χ2n) is 3.81.